The molecule has 0 unspecified atom stereocenters. The Morgan fingerprint density at radius 2 is 1.52 bits per heavy atom. The van der Waals surface area contributed by atoms with Crippen LogP contribution < -0.4 is 5.32 Å². The van der Waals surface area contributed by atoms with E-state index in [1.54, 1.807) is 0 Å². The molecule has 2 nitrogen and oxygen atoms in total. The van der Waals surface area contributed by atoms with E-state index < -0.39 is 0 Å². The maximum absolute atomic E-state index is 12.5. The van der Waals surface area contributed by atoms with Gasteiger partial charge in [-0.2, -0.15) is 0 Å². The predicted octanol–water partition coefficient (Wildman–Crippen LogP) is 6.04. The van der Waals surface area contributed by atoms with Crippen LogP contribution in [0, 0.1) is 10.8 Å². The van der Waals surface area contributed by atoms with Gasteiger partial charge < -0.3 is 5.32 Å². The third-order valence-electron chi connectivity index (χ3n) is 3.97. The highest BCUT2D eigenvalue weighted by atomic mass is 16.1. The predicted molar refractivity (Wildman–Crippen MR) is 102 cm³/mol. The smallest absolute Gasteiger partial charge is 0.221 e. The van der Waals surface area contributed by atoms with Gasteiger partial charge in [-0.3, -0.25) is 4.79 Å². The summed E-state index contributed by atoms with van der Waals surface area (Å²) in [7, 11) is 0. The summed E-state index contributed by atoms with van der Waals surface area (Å²) in [5.41, 5.74) is -0.202. The van der Waals surface area contributed by atoms with E-state index in [1.807, 2.05) is 26.0 Å². The monoisotopic (exact) mass is 321 g/mol. The highest BCUT2D eigenvalue weighted by Gasteiger charge is 2.34. The van der Waals surface area contributed by atoms with Gasteiger partial charge in [-0.25, -0.2) is 0 Å². The van der Waals surface area contributed by atoms with E-state index in [1.165, 1.54) is 19.3 Å². The molecule has 0 spiro atoms. The molecule has 0 saturated heterocycles. The summed E-state index contributed by atoms with van der Waals surface area (Å²) < 4.78 is 0. The maximum atomic E-state index is 12.5. The molecule has 1 N–H and O–H groups in total. The van der Waals surface area contributed by atoms with Gasteiger partial charge >= 0.3 is 0 Å². The summed E-state index contributed by atoms with van der Waals surface area (Å²) in [5, 5.41) is 3.31. The second kappa shape index (κ2) is 9.30. The van der Waals surface area contributed by atoms with Gasteiger partial charge in [0.2, 0.25) is 5.91 Å². The molecule has 0 aromatic rings. The molecular formula is C21H39NO. The number of nitrogens with one attached hydrogen (secondary N) is 1. The SMILES string of the molecule is CC=CC(C=CC)(CC(C)(C)CCCC)NC(=O)CC(C)(C)C. The Hall–Kier alpha value is -1.05. The molecule has 0 aromatic heterocycles. The summed E-state index contributed by atoms with van der Waals surface area (Å²) in [5.74, 6) is 0.125. The molecule has 0 atom stereocenters. The minimum absolute atomic E-state index is 0.000586. The van der Waals surface area contributed by atoms with Gasteiger partial charge in [0.1, 0.15) is 0 Å². The highest BCUT2D eigenvalue weighted by molar-refractivity contribution is 5.78. The quantitative estimate of drug-likeness (QED) is 0.516. The first-order valence-electron chi connectivity index (χ1n) is 9.08. The van der Waals surface area contributed by atoms with Crippen molar-refractivity contribution in [2.24, 2.45) is 10.8 Å². The van der Waals surface area contributed by atoms with E-state index in [-0.39, 0.29) is 22.3 Å². The topological polar surface area (TPSA) is 29.1 Å². The van der Waals surface area contributed by atoms with Crippen LogP contribution in [0.4, 0.5) is 0 Å². The van der Waals surface area contributed by atoms with Crippen molar-refractivity contribution < 1.29 is 4.79 Å². The fraction of sp³-hybridized carbons (Fsp3) is 0.762. The Labute approximate surface area is 144 Å². The number of hydrogen-bond donors (Lipinski definition) is 1. The lowest BCUT2D eigenvalue weighted by Gasteiger charge is -2.38. The Morgan fingerprint density at radius 3 is 1.91 bits per heavy atom. The molecule has 0 aromatic carbocycles. The molecule has 134 valence electrons. The number of hydrogen-bond acceptors (Lipinski definition) is 1. The van der Waals surface area contributed by atoms with Crippen molar-refractivity contribution in [3.05, 3.63) is 24.3 Å². The van der Waals surface area contributed by atoms with Crippen LogP contribution in [0.15, 0.2) is 24.3 Å². The van der Waals surface area contributed by atoms with E-state index in [9.17, 15) is 4.79 Å². The molecule has 0 radical (unpaired) electrons. The van der Waals surface area contributed by atoms with Crippen molar-refractivity contribution in [3.63, 3.8) is 0 Å². The Balaban J connectivity index is 5.35. The zero-order valence-electron chi connectivity index (χ0n) is 16.8. The molecule has 0 fully saturated rings. The minimum Gasteiger partial charge on any atom is -0.344 e. The first-order valence-corrected chi connectivity index (χ1v) is 9.08. The second-order valence-corrected chi connectivity index (χ2v) is 8.77. The van der Waals surface area contributed by atoms with E-state index >= 15 is 0 Å². The Bertz CT molecular complexity index is 398. The number of carbonyl (C=O) groups is 1. The maximum Gasteiger partial charge on any atom is 0.221 e. The van der Waals surface area contributed by atoms with Crippen LogP contribution in [-0.2, 0) is 4.79 Å². The lowest BCUT2D eigenvalue weighted by atomic mass is 9.74. The summed E-state index contributed by atoms with van der Waals surface area (Å²) in [4.78, 5) is 12.5. The molecule has 0 aliphatic carbocycles. The third-order valence-corrected chi connectivity index (χ3v) is 3.97. The molecule has 23 heavy (non-hydrogen) atoms. The number of unbranched alkanes of at least 4 members (excludes halogenated alkanes) is 1. The van der Waals surface area contributed by atoms with Gasteiger partial charge in [0.05, 0.1) is 5.54 Å². The molecule has 0 aliphatic rings. The van der Waals surface area contributed by atoms with Crippen molar-refractivity contribution >= 4 is 5.91 Å². The van der Waals surface area contributed by atoms with Crippen LogP contribution in [0.2, 0.25) is 0 Å². The van der Waals surface area contributed by atoms with Crippen molar-refractivity contribution in [1.82, 2.24) is 5.32 Å². The van der Waals surface area contributed by atoms with Crippen molar-refractivity contribution in [1.29, 1.82) is 0 Å². The highest BCUT2D eigenvalue weighted by Crippen LogP contribution is 2.35. The van der Waals surface area contributed by atoms with Gasteiger partial charge in [-0.05, 0) is 37.5 Å². The summed E-state index contributed by atoms with van der Waals surface area (Å²) in [6.45, 7) is 17.2. The fourth-order valence-corrected chi connectivity index (χ4v) is 3.22. The standard InChI is InChI=1S/C21H39NO/c1-9-12-15-20(7,8)17-21(13-10-2,14-11-3)22-18(23)16-19(4,5)6/h10-11,13-14H,9,12,15-17H2,1-8H3,(H,22,23). The zero-order valence-corrected chi connectivity index (χ0v) is 16.8. The molecule has 2 heteroatoms. The van der Waals surface area contributed by atoms with E-state index in [0.717, 1.165) is 6.42 Å². The van der Waals surface area contributed by atoms with Crippen LogP contribution in [0.3, 0.4) is 0 Å². The molecule has 1 amide bonds. The largest absolute Gasteiger partial charge is 0.344 e. The average Bonchev–Trinajstić information content (AvgIpc) is 2.33. The van der Waals surface area contributed by atoms with Gasteiger partial charge in [0.25, 0.3) is 0 Å². The second-order valence-electron chi connectivity index (χ2n) is 8.77. The number of carbonyl (C=O) groups excluding carboxylic acids is 1. The van der Waals surface area contributed by atoms with Crippen LogP contribution >= 0.6 is 0 Å². The first-order chi connectivity index (χ1) is 10.5. The molecular weight excluding hydrogens is 282 g/mol. The Morgan fingerprint density at radius 1 is 1.00 bits per heavy atom. The summed E-state index contributed by atoms with van der Waals surface area (Å²) in [6, 6.07) is 0. The molecule has 0 saturated carbocycles. The van der Waals surface area contributed by atoms with E-state index in [0.29, 0.717) is 6.42 Å². The Kier molecular flexibility index (Phi) is 8.87. The lowest BCUT2D eigenvalue weighted by Crippen LogP contribution is -2.49. The number of amides is 1. The van der Waals surface area contributed by atoms with Crippen LogP contribution in [0.25, 0.3) is 0 Å². The van der Waals surface area contributed by atoms with E-state index in [4.69, 9.17) is 0 Å². The van der Waals surface area contributed by atoms with Gasteiger partial charge in [-0.15, -0.1) is 0 Å². The first kappa shape index (κ1) is 21.9. The third kappa shape index (κ3) is 9.63. The molecule has 0 aliphatic heterocycles. The zero-order chi connectivity index (χ0) is 18.1. The number of rotatable bonds is 9. The normalized spacial score (nSPS) is 16.0. The molecule has 0 rings (SSSR count). The number of allylic oxidation sites excluding steroid dienone is 2. The van der Waals surface area contributed by atoms with Crippen molar-refractivity contribution in [2.45, 2.75) is 93.0 Å². The van der Waals surface area contributed by atoms with Crippen LogP contribution in [-0.4, -0.2) is 11.4 Å². The lowest BCUT2D eigenvalue weighted by molar-refractivity contribution is -0.124. The van der Waals surface area contributed by atoms with Gasteiger partial charge in [-0.1, -0.05) is 78.7 Å². The van der Waals surface area contributed by atoms with Gasteiger partial charge in [0, 0.05) is 6.42 Å². The minimum atomic E-state index is -0.386. The van der Waals surface area contributed by atoms with Crippen LogP contribution in [0.1, 0.15) is 87.5 Å². The average molecular weight is 322 g/mol. The van der Waals surface area contributed by atoms with E-state index in [2.05, 4.69) is 59.0 Å². The van der Waals surface area contributed by atoms with Crippen molar-refractivity contribution in [3.8, 4) is 0 Å². The fourth-order valence-electron chi connectivity index (χ4n) is 3.22. The van der Waals surface area contributed by atoms with Gasteiger partial charge in [0.15, 0.2) is 0 Å². The summed E-state index contributed by atoms with van der Waals surface area (Å²) >= 11 is 0. The van der Waals surface area contributed by atoms with Crippen LogP contribution in [0.5, 0.6) is 0 Å². The van der Waals surface area contributed by atoms with Crippen molar-refractivity contribution in [2.75, 3.05) is 0 Å². The summed E-state index contributed by atoms with van der Waals surface area (Å²) in [6.07, 6.45) is 13.5. The molecule has 0 bridgehead atoms. The molecule has 0 heterocycles.